The third-order valence-corrected chi connectivity index (χ3v) is 4.85. The van der Waals surface area contributed by atoms with Gasteiger partial charge in [-0.15, -0.1) is 0 Å². The van der Waals surface area contributed by atoms with Crippen molar-refractivity contribution in [3.05, 3.63) is 63.6 Å². The molecule has 0 saturated heterocycles. The number of nitrogens with zero attached hydrogens (tertiary/aromatic N) is 2. The van der Waals surface area contributed by atoms with Crippen molar-refractivity contribution in [3.63, 3.8) is 0 Å². The first kappa shape index (κ1) is 15.1. The largest absolute Gasteiger partial charge is 0.325 e. The summed E-state index contributed by atoms with van der Waals surface area (Å²) in [7, 11) is 2.04. The molecule has 2 heterocycles. The fourth-order valence-corrected chi connectivity index (χ4v) is 3.31. The fourth-order valence-electron chi connectivity index (χ4n) is 3.31. The number of H-pyrrole nitrogens is 1. The summed E-state index contributed by atoms with van der Waals surface area (Å²) in [6.45, 7) is 2.16. The van der Waals surface area contributed by atoms with Crippen LogP contribution in [0.3, 0.4) is 0 Å². The van der Waals surface area contributed by atoms with Crippen LogP contribution in [0.1, 0.15) is 40.4 Å². The van der Waals surface area contributed by atoms with Gasteiger partial charge in [-0.3, -0.25) is 9.59 Å². The highest BCUT2D eigenvalue weighted by molar-refractivity contribution is 6.06. The summed E-state index contributed by atoms with van der Waals surface area (Å²) in [4.78, 5) is 32.2. The molecule has 1 aromatic carbocycles. The van der Waals surface area contributed by atoms with Crippen molar-refractivity contribution >= 4 is 11.6 Å². The van der Waals surface area contributed by atoms with Crippen molar-refractivity contribution in [1.82, 2.24) is 9.88 Å². The summed E-state index contributed by atoms with van der Waals surface area (Å²) >= 11 is 0. The summed E-state index contributed by atoms with van der Waals surface area (Å²) in [5.41, 5.74) is 2.90. The number of aromatic amines is 1. The average molecular weight is 323 g/mol. The van der Waals surface area contributed by atoms with E-state index in [1.807, 2.05) is 37.4 Å². The smallest absolute Gasteiger partial charge is 0.263 e. The van der Waals surface area contributed by atoms with Crippen LogP contribution < -0.4 is 10.5 Å². The van der Waals surface area contributed by atoms with Gasteiger partial charge in [0.15, 0.2) is 0 Å². The molecule has 1 N–H and O–H groups in total. The van der Waals surface area contributed by atoms with Crippen molar-refractivity contribution in [2.75, 3.05) is 25.0 Å². The van der Waals surface area contributed by atoms with Gasteiger partial charge in [0.05, 0.1) is 0 Å². The Bertz CT molecular complexity index is 839. The number of fused-ring (bicyclic) bond motifs is 1. The van der Waals surface area contributed by atoms with E-state index in [1.165, 1.54) is 0 Å². The zero-order valence-electron chi connectivity index (χ0n) is 13.8. The molecule has 1 aliphatic heterocycles. The molecule has 2 aromatic rings. The predicted octanol–water partition coefficient (Wildman–Crippen LogP) is 2.34. The number of hydrogen-bond donors (Lipinski definition) is 1. The molecule has 124 valence electrons. The van der Waals surface area contributed by atoms with Crippen molar-refractivity contribution in [3.8, 4) is 0 Å². The number of pyridine rings is 1. The van der Waals surface area contributed by atoms with Crippen molar-refractivity contribution in [2.45, 2.75) is 25.3 Å². The van der Waals surface area contributed by atoms with Crippen LogP contribution in [0.4, 0.5) is 5.69 Å². The molecule has 1 aliphatic carbocycles. The highest BCUT2D eigenvalue weighted by Gasteiger charge is 2.28. The Labute approximate surface area is 140 Å². The Morgan fingerprint density at radius 1 is 1.12 bits per heavy atom. The lowest BCUT2D eigenvalue weighted by Crippen LogP contribution is -2.38. The summed E-state index contributed by atoms with van der Waals surface area (Å²) in [6.07, 6.45) is 2.24. The van der Waals surface area contributed by atoms with Crippen molar-refractivity contribution < 1.29 is 4.79 Å². The monoisotopic (exact) mass is 323 g/mol. The van der Waals surface area contributed by atoms with Crippen LogP contribution in [0.15, 0.2) is 41.2 Å². The SMILES string of the molecule is CN1CCN(C(=O)c2ccc(C3CC3)[nH]c2=O)c2ccccc2C1. The number of hydrogen-bond acceptors (Lipinski definition) is 3. The molecule has 0 spiro atoms. The second-order valence-electron chi connectivity index (χ2n) is 6.75. The molecule has 1 aromatic heterocycles. The first-order valence-electron chi connectivity index (χ1n) is 8.45. The normalized spacial score (nSPS) is 18.1. The van der Waals surface area contributed by atoms with E-state index in [2.05, 4.69) is 9.88 Å². The quantitative estimate of drug-likeness (QED) is 0.923. The molecule has 0 atom stereocenters. The van der Waals surface area contributed by atoms with Crippen LogP contribution in [-0.2, 0) is 6.54 Å². The number of anilines is 1. The molecular formula is C19H21N3O2. The van der Waals surface area contributed by atoms with Crippen molar-refractivity contribution in [2.24, 2.45) is 0 Å². The molecule has 4 rings (SSSR count). The maximum absolute atomic E-state index is 13.0. The van der Waals surface area contributed by atoms with Gasteiger partial charge < -0.3 is 14.8 Å². The van der Waals surface area contributed by atoms with Gasteiger partial charge in [0.1, 0.15) is 5.56 Å². The third kappa shape index (κ3) is 2.76. The summed E-state index contributed by atoms with van der Waals surface area (Å²) in [5, 5.41) is 0. The Morgan fingerprint density at radius 3 is 2.67 bits per heavy atom. The number of benzene rings is 1. The maximum atomic E-state index is 13.0. The van der Waals surface area contributed by atoms with E-state index in [4.69, 9.17) is 0 Å². The van der Waals surface area contributed by atoms with Gasteiger partial charge >= 0.3 is 0 Å². The van der Waals surface area contributed by atoms with Gasteiger partial charge in [-0.05, 0) is 49.6 Å². The maximum Gasteiger partial charge on any atom is 0.263 e. The number of rotatable bonds is 2. The highest BCUT2D eigenvalue weighted by atomic mass is 16.2. The lowest BCUT2D eigenvalue weighted by molar-refractivity contribution is 0.0984. The van der Waals surface area contributed by atoms with E-state index >= 15 is 0 Å². The summed E-state index contributed by atoms with van der Waals surface area (Å²) in [5.74, 6) is 0.246. The molecule has 24 heavy (non-hydrogen) atoms. The Balaban J connectivity index is 1.70. The molecule has 5 heteroatoms. The fraction of sp³-hybridized carbons (Fsp3) is 0.368. The van der Waals surface area contributed by atoms with E-state index in [1.54, 1.807) is 11.0 Å². The van der Waals surface area contributed by atoms with Gasteiger partial charge in [0.25, 0.3) is 11.5 Å². The first-order valence-corrected chi connectivity index (χ1v) is 8.45. The van der Waals surface area contributed by atoms with Gasteiger partial charge in [-0.2, -0.15) is 0 Å². The number of carbonyl (C=O) groups is 1. The molecule has 5 nitrogen and oxygen atoms in total. The average Bonchev–Trinajstić information content (AvgIpc) is 3.41. The molecule has 0 unspecified atom stereocenters. The molecule has 1 amide bonds. The number of nitrogens with one attached hydrogen (secondary N) is 1. The Morgan fingerprint density at radius 2 is 1.92 bits per heavy atom. The standard InChI is InChI=1S/C19H21N3O2/c1-21-10-11-22(17-5-3-2-4-14(17)12-21)19(24)15-8-9-16(13-6-7-13)20-18(15)23/h2-5,8-9,13H,6-7,10-12H2,1H3,(H,20,23). The van der Waals surface area contributed by atoms with E-state index in [-0.39, 0.29) is 17.0 Å². The minimum atomic E-state index is -0.278. The molecular weight excluding hydrogens is 302 g/mol. The highest BCUT2D eigenvalue weighted by Crippen LogP contribution is 2.38. The van der Waals surface area contributed by atoms with Crippen LogP contribution in [0.5, 0.6) is 0 Å². The number of likely N-dealkylation sites (N-methyl/N-ethyl adjacent to an activating group) is 1. The van der Waals surface area contributed by atoms with Gasteiger partial charge in [0.2, 0.25) is 0 Å². The van der Waals surface area contributed by atoms with Crippen LogP contribution >= 0.6 is 0 Å². The zero-order valence-corrected chi connectivity index (χ0v) is 13.8. The van der Waals surface area contributed by atoms with Crippen LogP contribution in [0.2, 0.25) is 0 Å². The summed E-state index contributed by atoms with van der Waals surface area (Å²) in [6, 6.07) is 11.5. The molecule has 0 bridgehead atoms. The molecule has 0 radical (unpaired) electrons. The predicted molar refractivity (Wildman–Crippen MR) is 93.5 cm³/mol. The molecule has 2 aliphatic rings. The van der Waals surface area contributed by atoms with E-state index in [9.17, 15) is 9.59 Å². The minimum absolute atomic E-state index is 0.221. The van der Waals surface area contributed by atoms with E-state index in [0.717, 1.165) is 42.9 Å². The second-order valence-corrected chi connectivity index (χ2v) is 6.75. The lowest BCUT2D eigenvalue weighted by Gasteiger charge is -2.22. The lowest BCUT2D eigenvalue weighted by atomic mass is 10.1. The van der Waals surface area contributed by atoms with Crippen LogP contribution in [0.25, 0.3) is 0 Å². The number of aromatic nitrogens is 1. The third-order valence-electron chi connectivity index (χ3n) is 4.85. The van der Waals surface area contributed by atoms with E-state index in [0.29, 0.717) is 12.5 Å². The second kappa shape index (κ2) is 5.91. The minimum Gasteiger partial charge on any atom is -0.325 e. The molecule has 1 fully saturated rings. The van der Waals surface area contributed by atoms with E-state index < -0.39 is 0 Å². The number of amides is 1. The Kier molecular flexibility index (Phi) is 3.73. The Hall–Kier alpha value is -2.40. The number of para-hydroxylation sites is 1. The van der Waals surface area contributed by atoms with Gasteiger partial charge in [-0.1, -0.05) is 18.2 Å². The summed E-state index contributed by atoms with van der Waals surface area (Å²) < 4.78 is 0. The first-order chi connectivity index (χ1) is 11.6. The topological polar surface area (TPSA) is 56.4 Å². The molecule has 1 saturated carbocycles. The van der Waals surface area contributed by atoms with Gasteiger partial charge in [0, 0.05) is 31.0 Å². The number of carbonyl (C=O) groups excluding carboxylic acids is 1. The van der Waals surface area contributed by atoms with Crippen molar-refractivity contribution in [1.29, 1.82) is 0 Å². The van der Waals surface area contributed by atoms with Gasteiger partial charge in [-0.25, -0.2) is 0 Å². The zero-order chi connectivity index (χ0) is 16.7. The van der Waals surface area contributed by atoms with Crippen LogP contribution in [-0.4, -0.2) is 35.9 Å². The van der Waals surface area contributed by atoms with Crippen LogP contribution in [0, 0.1) is 0 Å².